The van der Waals surface area contributed by atoms with Gasteiger partial charge in [-0.05, 0) is 25.8 Å². The average Bonchev–Trinajstić information content (AvgIpc) is 2.49. The highest BCUT2D eigenvalue weighted by Crippen LogP contribution is 2.23. The van der Waals surface area contributed by atoms with Crippen LogP contribution in [0.15, 0.2) is 12.3 Å². The molecule has 0 aromatic carbocycles. The molecule has 1 amide bonds. The standard InChI is InChI=1S/C14H18ClN3O3/c1-2-21-14(20)9-3-5-18(6-4-9)13(19)11-7-10(16)8-17-12(11)15/h7-9H,2-6,16H2,1H3. The van der Waals surface area contributed by atoms with Crippen LogP contribution in [-0.2, 0) is 9.53 Å². The van der Waals surface area contributed by atoms with Gasteiger partial charge in [0.1, 0.15) is 5.15 Å². The number of carbonyl (C=O) groups is 2. The van der Waals surface area contributed by atoms with Crippen LogP contribution in [0.5, 0.6) is 0 Å². The van der Waals surface area contributed by atoms with Crippen molar-refractivity contribution in [1.82, 2.24) is 9.88 Å². The summed E-state index contributed by atoms with van der Waals surface area (Å²) in [5, 5.41) is 0.140. The minimum atomic E-state index is -0.206. The average molecular weight is 312 g/mol. The van der Waals surface area contributed by atoms with Gasteiger partial charge in [-0.2, -0.15) is 0 Å². The number of likely N-dealkylation sites (tertiary alicyclic amines) is 1. The van der Waals surface area contributed by atoms with E-state index in [4.69, 9.17) is 22.1 Å². The van der Waals surface area contributed by atoms with Gasteiger partial charge in [0.2, 0.25) is 0 Å². The molecule has 0 atom stereocenters. The smallest absolute Gasteiger partial charge is 0.309 e. The molecule has 1 aromatic heterocycles. The first kappa shape index (κ1) is 15.6. The Balaban J connectivity index is 2.00. The topological polar surface area (TPSA) is 85.5 Å². The predicted molar refractivity (Wildman–Crippen MR) is 78.9 cm³/mol. The van der Waals surface area contributed by atoms with Crippen LogP contribution in [0.4, 0.5) is 5.69 Å². The molecule has 1 aliphatic heterocycles. The Morgan fingerprint density at radius 3 is 2.76 bits per heavy atom. The summed E-state index contributed by atoms with van der Waals surface area (Å²) in [5.74, 6) is -0.529. The molecule has 6 nitrogen and oxygen atoms in total. The van der Waals surface area contributed by atoms with Crippen LogP contribution in [0.25, 0.3) is 0 Å². The highest BCUT2D eigenvalue weighted by Gasteiger charge is 2.29. The van der Waals surface area contributed by atoms with Gasteiger partial charge >= 0.3 is 5.97 Å². The fourth-order valence-corrected chi connectivity index (χ4v) is 2.55. The Kier molecular flexibility index (Phi) is 5.01. The molecule has 0 radical (unpaired) electrons. The summed E-state index contributed by atoms with van der Waals surface area (Å²) < 4.78 is 5.01. The van der Waals surface area contributed by atoms with Crippen molar-refractivity contribution >= 4 is 29.2 Å². The number of hydrogen-bond donors (Lipinski definition) is 1. The lowest BCUT2D eigenvalue weighted by Gasteiger charge is -2.31. The number of nitrogen functional groups attached to an aromatic ring is 1. The van der Waals surface area contributed by atoms with E-state index in [2.05, 4.69) is 4.98 Å². The van der Waals surface area contributed by atoms with Gasteiger partial charge in [0.25, 0.3) is 5.91 Å². The number of piperidine rings is 1. The molecule has 2 rings (SSSR count). The highest BCUT2D eigenvalue weighted by molar-refractivity contribution is 6.32. The number of pyridine rings is 1. The van der Waals surface area contributed by atoms with E-state index >= 15 is 0 Å². The Morgan fingerprint density at radius 2 is 2.14 bits per heavy atom. The molecule has 1 aromatic rings. The van der Waals surface area contributed by atoms with Crippen molar-refractivity contribution in [2.45, 2.75) is 19.8 Å². The first-order valence-corrected chi connectivity index (χ1v) is 7.27. The van der Waals surface area contributed by atoms with Crippen molar-refractivity contribution in [1.29, 1.82) is 0 Å². The quantitative estimate of drug-likeness (QED) is 0.678. The second-order valence-electron chi connectivity index (χ2n) is 4.93. The van der Waals surface area contributed by atoms with Crippen molar-refractivity contribution in [2.75, 3.05) is 25.4 Å². The molecular formula is C14H18ClN3O3. The van der Waals surface area contributed by atoms with Gasteiger partial charge in [-0.3, -0.25) is 9.59 Å². The molecule has 0 bridgehead atoms. The third-order valence-corrected chi connectivity index (χ3v) is 3.79. The van der Waals surface area contributed by atoms with E-state index in [0.29, 0.717) is 43.8 Å². The summed E-state index contributed by atoms with van der Waals surface area (Å²) in [4.78, 5) is 29.6. The van der Waals surface area contributed by atoms with E-state index < -0.39 is 0 Å². The molecule has 1 aliphatic rings. The van der Waals surface area contributed by atoms with Gasteiger partial charge < -0.3 is 15.4 Å². The van der Waals surface area contributed by atoms with Gasteiger partial charge in [0, 0.05) is 13.1 Å². The number of esters is 1. The van der Waals surface area contributed by atoms with Crippen molar-refractivity contribution in [3.05, 3.63) is 23.0 Å². The lowest BCUT2D eigenvalue weighted by molar-refractivity contribution is -0.149. The third-order valence-electron chi connectivity index (χ3n) is 3.49. The SMILES string of the molecule is CCOC(=O)C1CCN(C(=O)c2cc(N)cnc2Cl)CC1. The number of nitrogens with zero attached hydrogens (tertiary/aromatic N) is 2. The van der Waals surface area contributed by atoms with Crippen LogP contribution < -0.4 is 5.73 Å². The zero-order valence-electron chi connectivity index (χ0n) is 11.8. The Labute approximate surface area is 128 Å². The summed E-state index contributed by atoms with van der Waals surface area (Å²) in [6.07, 6.45) is 2.60. The van der Waals surface area contributed by atoms with Crippen LogP contribution in [0, 0.1) is 5.92 Å². The van der Waals surface area contributed by atoms with Crippen LogP contribution in [0.3, 0.4) is 0 Å². The number of rotatable bonds is 3. The Morgan fingerprint density at radius 1 is 1.48 bits per heavy atom. The largest absolute Gasteiger partial charge is 0.466 e. The fraction of sp³-hybridized carbons (Fsp3) is 0.500. The van der Waals surface area contributed by atoms with Gasteiger partial charge in [-0.25, -0.2) is 4.98 Å². The molecule has 2 heterocycles. The Bertz CT molecular complexity index is 542. The molecule has 1 fully saturated rings. The predicted octanol–water partition coefficient (Wildman–Crippen LogP) is 1.73. The Hall–Kier alpha value is -1.82. The molecule has 2 N–H and O–H groups in total. The fourth-order valence-electron chi connectivity index (χ4n) is 2.36. The van der Waals surface area contributed by atoms with Crippen molar-refractivity contribution in [3.8, 4) is 0 Å². The van der Waals surface area contributed by atoms with Crippen LogP contribution >= 0.6 is 11.6 Å². The molecule has 0 saturated carbocycles. The molecular weight excluding hydrogens is 294 g/mol. The summed E-state index contributed by atoms with van der Waals surface area (Å²) in [7, 11) is 0. The number of ether oxygens (including phenoxy) is 1. The number of carbonyl (C=O) groups excluding carboxylic acids is 2. The van der Waals surface area contributed by atoms with Gasteiger partial charge in [-0.15, -0.1) is 0 Å². The summed E-state index contributed by atoms with van der Waals surface area (Å²) in [6.45, 7) is 3.15. The maximum atomic E-state index is 12.4. The normalized spacial score (nSPS) is 15.8. The minimum absolute atomic E-state index is 0.136. The minimum Gasteiger partial charge on any atom is -0.466 e. The van der Waals surface area contributed by atoms with Gasteiger partial charge in [0.05, 0.1) is 30.0 Å². The second kappa shape index (κ2) is 6.76. The second-order valence-corrected chi connectivity index (χ2v) is 5.28. The number of anilines is 1. The first-order valence-electron chi connectivity index (χ1n) is 6.89. The summed E-state index contributed by atoms with van der Waals surface area (Å²) in [5.41, 5.74) is 6.33. The molecule has 1 saturated heterocycles. The number of hydrogen-bond acceptors (Lipinski definition) is 5. The van der Waals surface area contributed by atoms with E-state index in [9.17, 15) is 9.59 Å². The van der Waals surface area contributed by atoms with Crippen molar-refractivity contribution < 1.29 is 14.3 Å². The van der Waals surface area contributed by atoms with Crippen molar-refractivity contribution in [2.24, 2.45) is 5.92 Å². The number of aromatic nitrogens is 1. The van der Waals surface area contributed by atoms with Gasteiger partial charge in [0.15, 0.2) is 0 Å². The highest BCUT2D eigenvalue weighted by atomic mass is 35.5. The van der Waals surface area contributed by atoms with Crippen LogP contribution in [-0.4, -0.2) is 41.5 Å². The van der Waals surface area contributed by atoms with Gasteiger partial charge in [-0.1, -0.05) is 11.6 Å². The lowest BCUT2D eigenvalue weighted by atomic mass is 9.96. The molecule has 7 heteroatoms. The summed E-state index contributed by atoms with van der Waals surface area (Å²) >= 11 is 5.94. The van der Waals surface area contributed by atoms with Crippen LogP contribution in [0.2, 0.25) is 5.15 Å². The van der Waals surface area contributed by atoms with Crippen molar-refractivity contribution in [3.63, 3.8) is 0 Å². The van der Waals surface area contributed by atoms with E-state index in [1.807, 2.05) is 0 Å². The number of nitrogens with two attached hydrogens (primary N) is 1. The van der Waals surface area contributed by atoms with E-state index in [1.54, 1.807) is 11.8 Å². The molecule has 114 valence electrons. The van der Waals surface area contributed by atoms with E-state index in [1.165, 1.54) is 12.3 Å². The third kappa shape index (κ3) is 3.64. The first-order chi connectivity index (χ1) is 10.0. The van der Waals surface area contributed by atoms with E-state index in [0.717, 1.165) is 0 Å². The maximum absolute atomic E-state index is 12.4. The number of halogens is 1. The maximum Gasteiger partial charge on any atom is 0.309 e. The van der Waals surface area contributed by atoms with E-state index in [-0.39, 0.29) is 22.9 Å². The zero-order valence-corrected chi connectivity index (χ0v) is 12.6. The number of amides is 1. The molecule has 0 unspecified atom stereocenters. The molecule has 0 aliphatic carbocycles. The molecule has 0 spiro atoms. The lowest BCUT2D eigenvalue weighted by Crippen LogP contribution is -2.40. The monoisotopic (exact) mass is 311 g/mol. The summed E-state index contributed by atoms with van der Waals surface area (Å²) in [6, 6.07) is 1.52. The zero-order chi connectivity index (χ0) is 15.4. The van der Waals surface area contributed by atoms with Crippen LogP contribution in [0.1, 0.15) is 30.1 Å². The molecule has 21 heavy (non-hydrogen) atoms.